The number of aromatic amines is 1. The van der Waals surface area contributed by atoms with Crippen LogP contribution in [0.25, 0.3) is 11.4 Å². The fourth-order valence-corrected chi connectivity index (χ4v) is 1.50. The summed E-state index contributed by atoms with van der Waals surface area (Å²) in [5.41, 5.74) is 2.32. The number of aromatic nitrogens is 3. The first-order chi connectivity index (χ1) is 7.75. The van der Waals surface area contributed by atoms with Crippen molar-refractivity contribution in [3.8, 4) is 11.4 Å². The third kappa shape index (κ3) is 2.67. The van der Waals surface area contributed by atoms with Crippen molar-refractivity contribution in [3.05, 3.63) is 36.2 Å². The quantitative estimate of drug-likeness (QED) is 0.821. The summed E-state index contributed by atoms with van der Waals surface area (Å²) in [6.07, 6.45) is 1.52. The second-order valence-electron chi connectivity index (χ2n) is 4.07. The Labute approximate surface area is 95.1 Å². The molecule has 0 saturated heterocycles. The monoisotopic (exact) mass is 216 g/mol. The van der Waals surface area contributed by atoms with Gasteiger partial charge in [0, 0.05) is 18.2 Å². The smallest absolute Gasteiger partial charge is 0.155 e. The van der Waals surface area contributed by atoms with E-state index >= 15 is 0 Å². The molecule has 1 aromatic carbocycles. The van der Waals surface area contributed by atoms with Crippen LogP contribution in [-0.2, 0) is 6.54 Å². The lowest BCUT2D eigenvalue weighted by molar-refractivity contribution is 0.589. The number of nitrogens with one attached hydrogen (secondary N) is 2. The average Bonchev–Trinajstić information content (AvgIpc) is 2.80. The molecule has 0 aliphatic heterocycles. The van der Waals surface area contributed by atoms with E-state index in [1.165, 1.54) is 11.9 Å². The fraction of sp³-hybridized carbons (Fsp3) is 0.333. The molecule has 0 spiro atoms. The highest BCUT2D eigenvalue weighted by molar-refractivity contribution is 5.55. The van der Waals surface area contributed by atoms with Crippen molar-refractivity contribution in [1.82, 2.24) is 20.5 Å². The van der Waals surface area contributed by atoms with Crippen LogP contribution < -0.4 is 5.32 Å². The van der Waals surface area contributed by atoms with Crippen LogP contribution in [0, 0.1) is 0 Å². The summed E-state index contributed by atoms with van der Waals surface area (Å²) in [6.45, 7) is 5.15. The van der Waals surface area contributed by atoms with Gasteiger partial charge in [0.1, 0.15) is 6.33 Å². The van der Waals surface area contributed by atoms with Crippen molar-refractivity contribution in [1.29, 1.82) is 0 Å². The standard InChI is InChI=1S/C12H16N4/c1-9(2)13-7-10-4-3-5-11(6-10)12-14-8-15-16-12/h3-6,8-9,13H,7H2,1-2H3,(H,14,15,16). The van der Waals surface area contributed by atoms with Gasteiger partial charge in [-0.15, -0.1) is 0 Å². The van der Waals surface area contributed by atoms with Crippen LogP contribution in [0.2, 0.25) is 0 Å². The van der Waals surface area contributed by atoms with Gasteiger partial charge in [-0.2, -0.15) is 5.10 Å². The van der Waals surface area contributed by atoms with E-state index in [0.717, 1.165) is 17.9 Å². The van der Waals surface area contributed by atoms with Crippen molar-refractivity contribution < 1.29 is 0 Å². The molecule has 0 amide bonds. The van der Waals surface area contributed by atoms with Gasteiger partial charge in [-0.05, 0) is 11.6 Å². The minimum absolute atomic E-state index is 0.494. The zero-order chi connectivity index (χ0) is 11.4. The maximum absolute atomic E-state index is 4.14. The highest BCUT2D eigenvalue weighted by Gasteiger charge is 2.01. The highest BCUT2D eigenvalue weighted by Crippen LogP contribution is 2.15. The van der Waals surface area contributed by atoms with E-state index < -0.39 is 0 Å². The lowest BCUT2D eigenvalue weighted by atomic mass is 10.1. The second-order valence-corrected chi connectivity index (χ2v) is 4.07. The normalized spacial score (nSPS) is 10.9. The Hall–Kier alpha value is -1.68. The summed E-state index contributed by atoms with van der Waals surface area (Å²) in [5, 5.41) is 10.1. The first kappa shape index (κ1) is 10.8. The van der Waals surface area contributed by atoms with E-state index in [9.17, 15) is 0 Å². The predicted molar refractivity (Wildman–Crippen MR) is 63.8 cm³/mol. The van der Waals surface area contributed by atoms with Crippen molar-refractivity contribution >= 4 is 0 Å². The first-order valence-electron chi connectivity index (χ1n) is 5.44. The Balaban J connectivity index is 2.14. The maximum atomic E-state index is 4.14. The summed E-state index contributed by atoms with van der Waals surface area (Å²) in [5.74, 6) is 0.811. The number of nitrogens with zero attached hydrogens (tertiary/aromatic N) is 2. The topological polar surface area (TPSA) is 53.6 Å². The third-order valence-corrected chi connectivity index (χ3v) is 2.33. The highest BCUT2D eigenvalue weighted by atomic mass is 15.2. The predicted octanol–water partition coefficient (Wildman–Crippen LogP) is 1.97. The largest absolute Gasteiger partial charge is 0.310 e. The Morgan fingerprint density at radius 1 is 1.38 bits per heavy atom. The van der Waals surface area contributed by atoms with E-state index in [1.807, 2.05) is 12.1 Å². The summed E-state index contributed by atoms with van der Waals surface area (Å²) < 4.78 is 0. The molecule has 0 aliphatic rings. The van der Waals surface area contributed by atoms with Gasteiger partial charge < -0.3 is 5.32 Å². The zero-order valence-corrected chi connectivity index (χ0v) is 9.57. The van der Waals surface area contributed by atoms with Crippen molar-refractivity contribution in [2.45, 2.75) is 26.4 Å². The van der Waals surface area contributed by atoms with Gasteiger partial charge in [0.2, 0.25) is 0 Å². The van der Waals surface area contributed by atoms with E-state index in [1.54, 1.807) is 0 Å². The minimum atomic E-state index is 0.494. The molecule has 2 N–H and O–H groups in total. The van der Waals surface area contributed by atoms with Gasteiger partial charge in [0.15, 0.2) is 5.82 Å². The van der Waals surface area contributed by atoms with Gasteiger partial charge in [-0.3, -0.25) is 5.10 Å². The maximum Gasteiger partial charge on any atom is 0.155 e. The molecule has 4 nitrogen and oxygen atoms in total. The van der Waals surface area contributed by atoms with Crippen LogP contribution in [0.5, 0.6) is 0 Å². The minimum Gasteiger partial charge on any atom is -0.310 e. The van der Waals surface area contributed by atoms with Gasteiger partial charge >= 0.3 is 0 Å². The van der Waals surface area contributed by atoms with Crippen LogP contribution in [-0.4, -0.2) is 21.2 Å². The van der Waals surface area contributed by atoms with Crippen LogP contribution >= 0.6 is 0 Å². The second kappa shape index (κ2) is 4.90. The Bertz CT molecular complexity index is 434. The number of hydrogen-bond acceptors (Lipinski definition) is 3. The summed E-state index contributed by atoms with van der Waals surface area (Å²) in [6, 6.07) is 8.79. The first-order valence-corrected chi connectivity index (χ1v) is 5.44. The van der Waals surface area contributed by atoms with E-state index in [2.05, 4.69) is 46.5 Å². The molecular weight excluding hydrogens is 200 g/mol. The Morgan fingerprint density at radius 2 is 2.25 bits per heavy atom. The molecule has 2 rings (SSSR count). The van der Waals surface area contributed by atoms with Crippen LogP contribution in [0.1, 0.15) is 19.4 Å². The summed E-state index contributed by atoms with van der Waals surface area (Å²) in [4.78, 5) is 4.14. The zero-order valence-electron chi connectivity index (χ0n) is 9.57. The molecule has 84 valence electrons. The molecule has 0 saturated carbocycles. The SMILES string of the molecule is CC(C)NCc1cccc(-c2ncn[nH]2)c1. The van der Waals surface area contributed by atoms with Crippen molar-refractivity contribution in [2.75, 3.05) is 0 Å². The van der Waals surface area contributed by atoms with Gasteiger partial charge in [0.05, 0.1) is 0 Å². The van der Waals surface area contributed by atoms with Gasteiger partial charge in [0.25, 0.3) is 0 Å². The molecule has 1 aromatic heterocycles. The van der Waals surface area contributed by atoms with Gasteiger partial charge in [-0.1, -0.05) is 32.0 Å². The van der Waals surface area contributed by atoms with Crippen LogP contribution in [0.4, 0.5) is 0 Å². The van der Waals surface area contributed by atoms with E-state index in [4.69, 9.17) is 0 Å². The summed E-state index contributed by atoms with van der Waals surface area (Å²) >= 11 is 0. The number of rotatable bonds is 4. The number of benzene rings is 1. The number of H-pyrrole nitrogens is 1. The Morgan fingerprint density at radius 3 is 2.94 bits per heavy atom. The lowest BCUT2D eigenvalue weighted by Crippen LogP contribution is -2.21. The molecule has 0 atom stereocenters. The summed E-state index contributed by atoms with van der Waals surface area (Å²) in [7, 11) is 0. The lowest BCUT2D eigenvalue weighted by Gasteiger charge is -2.08. The van der Waals surface area contributed by atoms with Gasteiger partial charge in [-0.25, -0.2) is 4.98 Å². The van der Waals surface area contributed by atoms with Crippen LogP contribution in [0.3, 0.4) is 0 Å². The average molecular weight is 216 g/mol. The van der Waals surface area contributed by atoms with Crippen LogP contribution in [0.15, 0.2) is 30.6 Å². The third-order valence-electron chi connectivity index (χ3n) is 2.33. The molecule has 0 fully saturated rings. The molecule has 2 aromatic rings. The molecule has 4 heteroatoms. The molecule has 0 aliphatic carbocycles. The molecule has 16 heavy (non-hydrogen) atoms. The molecule has 0 bridgehead atoms. The number of hydrogen-bond donors (Lipinski definition) is 2. The van der Waals surface area contributed by atoms with E-state index in [-0.39, 0.29) is 0 Å². The van der Waals surface area contributed by atoms with E-state index in [0.29, 0.717) is 6.04 Å². The molecule has 1 heterocycles. The Kier molecular flexibility index (Phi) is 3.31. The fourth-order valence-electron chi connectivity index (χ4n) is 1.50. The molecular formula is C12H16N4. The molecule has 0 unspecified atom stereocenters. The van der Waals surface area contributed by atoms with Crippen molar-refractivity contribution in [2.24, 2.45) is 0 Å². The van der Waals surface area contributed by atoms with Crippen molar-refractivity contribution in [3.63, 3.8) is 0 Å². The molecule has 0 radical (unpaired) electrons.